The number of ether oxygens (including phenoxy) is 3. The minimum absolute atomic E-state index is 0.0417. The highest BCUT2D eigenvalue weighted by Crippen LogP contribution is 1.81. The Bertz CT molecular complexity index is 161. The number of carbonyl (C=O) groups is 1. The van der Waals surface area contributed by atoms with Gasteiger partial charge in [0.2, 0.25) is 0 Å². The largest absolute Gasteiger partial charge is 0.481 e. The molecule has 0 fully saturated rings. The summed E-state index contributed by atoms with van der Waals surface area (Å²) in [5.41, 5.74) is 0. The lowest BCUT2D eigenvalue weighted by Crippen LogP contribution is -2.09. The quantitative estimate of drug-likeness (QED) is 0.487. The van der Waals surface area contributed by atoms with Crippen LogP contribution in [0.25, 0.3) is 0 Å². The first kappa shape index (κ1) is 25.2. The number of hydrogen-bond acceptors (Lipinski definition) is 6. The number of aliphatic hydroxyl groups excluding tert-OH is 2. The topological polar surface area (TPSA) is 105 Å². The van der Waals surface area contributed by atoms with E-state index in [4.69, 9.17) is 34.3 Å². The zero-order valence-electron chi connectivity index (χ0n) is 13.5. The second-order valence-electron chi connectivity index (χ2n) is 3.80. The van der Waals surface area contributed by atoms with E-state index in [1.54, 1.807) is 0 Å². The molecule has 0 saturated heterocycles. The van der Waals surface area contributed by atoms with Crippen molar-refractivity contribution in [2.75, 3.05) is 52.9 Å². The lowest BCUT2D eigenvalue weighted by molar-refractivity contribution is -0.134. The first-order valence-corrected chi connectivity index (χ1v) is 7.21. The van der Waals surface area contributed by atoms with Crippen LogP contribution in [0.15, 0.2) is 0 Å². The van der Waals surface area contributed by atoms with Crippen molar-refractivity contribution in [2.24, 2.45) is 0 Å². The normalized spacial score (nSPS) is 9.19. The van der Waals surface area contributed by atoms with Crippen LogP contribution in [-0.4, -0.2) is 74.1 Å². The van der Waals surface area contributed by atoms with Gasteiger partial charge in [-0.3, -0.25) is 4.79 Å². The van der Waals surface area contributed by atoms with Crippen molar-refractivity contribution in [1.82, 2.24) is 0 Å². The van der Waals surface area contributed by atoms with Crippen molar-refractivity contribution in [2.45, 2.75) is 33.6 Å². The number of aliphatic carboxylic acids is 1. The minimum atomic E-state index is -0.833. The summed E-state index contributed by atoms with van der Waals surface area (Å²) in [6.07, 6.45) is 2.28. The van der Waals surface area contributed by atoms with Crippen molar-refractivity contribution in [3.8, 4) is 0 Å². The molecule has 7 heteroatoms. The predicted molar refractivity (Wildman–Crippen MR) is 80.5 cm³/mol. The summed E-state index contributed by atoms with van der Waals surface area (Å²) in [6.45, 7) is 8.90. The van der Waals surface area contributed by atoms with Crippen LogP contribution in [0.4, 0.5) is 0 Å². The van der Waals surface area contributed by atoms with Crippen LogP contribution in [0, 0.1) is 0 Å². The van der Waals surface area contributed by atoms with Gasteiger partial charge in [-0.05, 0) is 12.8 Å². The van der Waals surface area contributed by atoms with Crippen LogP contribution in [0.1, 0.15) is 33.6 Å². The van der Waals surface area contributed by atoms with Gasteiger partial charge in [-0.25, -0.2) is 0 Å². The summed E-state index contributed by atoms with van der Waals surface area (Å²) in [7, 11) is 0. The summed E-state index contributed by atoms with van der Waals surface area (Å²) in [4.78, 5) is 9.00. The van der Waals surface area contributed by atoms with E-state index in [0.29, 0.717) is 26.4 Å². The standard InChI is InChI=1S/C6H14O4.C6H14O.C2H4O2/c7-1-3-9-5-6-10-4-2-8;1-3-5-7-6-4-2;1-2(3)4/h7-8H,1-6H2;3-6H2,1-2H3;1H3,(H,3,4). The SMILES string of the molecule is CC(=O)O.CCCOCCC.OCCOCCOCCO. The maximum atomic E-state index is 9.00. The number of aliphatic hydroxyl groups is 2. The van der Waals surface area contributed by atoms with Crippen LogP contribution < -0.4 is 0 Å². The summed E-state index contributed by atoms with van der Waals surface area (Å²) in [6, 6.07) is 0. The fourth-order valence-corrected chi connectivity index (χ4v) is 0.842. The highest BCUT2D eigenvalue weighted by Gasteiger charge is 1.86. The van der Waals surface area contributed by atoms with E-state index < -0.39 is 5.97 Å². The lowest BCUT2D eigenvalue weighted by Gasteiger charge is -2.01. The highest BCUT2D eigenvalue weighted by molar-refractivity contribution is 5.62. The van der Waals surface area contributed by atoms with E-state index in [1.165, 1.54) is 0 Å². The molecule has 0 aromatic heterocycles. The van der Waals surface area contributed by atoms with Gasteiger partial charge in [-0.1, -0.05) is 13.8 Å². The lowest BCUT2D eigenvalue weighted by atomic mass is 10.5. The van der Waals surface area contributed by atoms with E-state index in [0.717, 1.165) is 33.0 Å². The zero-order chi connectivity index (χ0) is 16.8. The van der Waals surface area contributed by atoms with Gasteiger partial charge in [0.15, 0.2) is 0 Å². The second-order valence-corrected chi connectivity index (χ2v) is 3.80. The molecule has 0 spiro atoms. The molecule has 0 aliphatic heterocycles. The van der Waals surface area contributed by atoms with Gasteiger partial charge in [0.1, 0.15) is 0 Å². The van der Waals surface area contributed by atoms with Crippen LogP contribution in [0.5, 0.6) is 0 Å². The van der Waals surface area contributed by atoms with E-state index in [1.807, 2.05) is 0 Å². The molecule has 0 rings (SSSR count). The van der Waals surface area contributed by atoms with Crippen molar-refractivity contribution < 1.29 is 34.3 Å². The first-order valence-electron chi connectivity index (χ1n) is 7.21. The fourth-order valence-electron chi connectivity index (χ4n) is 0.842. The van der Waals surface area contributed by atoms with Gasteiger partial charge in [0, 0.05) is 20.1 Å². The predicted octanol–water partition coefficient (Wildman–Crippen LogP) is 0.918. The molecule has 21 heavy (non-hydrogen) atoms. The molecule has 3 N–H and O–H groups in total. The van der Waals surface area contributed by atoms with E-state index >= 15 is 0 Å². The van der Waals surface area contributed by atoms with E-state index in [2.05, 4.69) is 13.8 Å². The van der Waals surface area contributed by atoms with Gasteiger partial charge in [0.25, 0.3) is 5.97 Å². The maximum Gasteiger partial charge on any atom is 0.300 e. The van der Waals surface area contributed by atoms with Gasteiger partial charge >= 0.3 is 0 Å². The number of rotatable bonds is 11. The second kappa shape index (κ2) is 27.6. The average Bonchev–Trinajstić information content (AvgIpc) is 2.43. The Morgan fingerprint density at radius 3 is 1.29 bits per heavy atom. The Labute approximate surface area is 127 Å². The van der Waals surface area contributed by atoms with Crippen LogP contribution in [0.3, 0.4) is 0 Å². The van der Waals surface area contributed by atoms with Gasteiger partial charge in [-0.15, -0.1) is 0 Å². The van der Waals surface area contributed by atoms with E-state index in [-0.39, 0.29) is 13.2 Å². The minimum Gasteiger partial charge on any atom is -0.481 e. The number of carboxylic acid groups (broad SMARTS) is 1. The van der Waals surface area contributed by atoms with Crippen molar-refractivity contribution in [3.63, 3.8) is 0 Å². The summed E-state index contributed by atoms with van der Waals surface area (Å²) < 4.78 is 14.9. The maximum absolute atomic E-state index is 9.00. The smallest absolute Gasteiger partial charge is 0.300 e. The molecule has 0 heterocycles. The molecular weight excluding hydrogens is 280 g/mol. The molecule has 130 valence electrons. The third kappa shape index (κ3) is 54.5. The molecule has 0 aromatic rings. The van der Waals surface area contributed by atoms with Crippen molar-refractivity contribution >= 4 is 5.97 Å². The molecule has 0 bridgehead atoms. The molecule has 0 unspecified atom stereocenters. The number of hydrogen-bond donors (Lipinski definition) is 3. The summed E-state index contributed by atoms with van der Waals surface area (Å²) in [5, 5.41) is 23.9. The van der Waals surface area contributed by atoms with E-state index in [9.17, 15) is 0 Å². The Morgan fingerprint density at radius 2 is 1.05 bits per heavy atom. The first-order chi connectivity index (χ1) is 10.1. The van der Waals surface area contributed by atoms with Crippen LogP contribution in [-0.2, 0) is 19.0 Å². The molecule has 0 saturated carbocycles. The fraction of sp³-hybridized carbons (Fsp3) is 0.929. The third-order valence-corrected chi connectivity index (χ3v) is 1.54. The molecule has 0 radical (unpaired) electrons. The Hall–Kier alpha value is -0.730. The number of carboxylic acids is 1. The highest BCUT2D eigenvalue weighted by atomic mass is 16.5. The van der Waals surface area contributed by atoms with Gasteiger partial charge in [0.05, 0.1) is 39.6 Å². The summed E-state index contributed by atoms with van der Waals surface area (Å²) in [5.74, 6) is -0.833. The Balaban J connectivity index is -0.000000256. The van der Waals surface area contributed by atoms with Crippen molar-refractivity contribution in [3.05, 3.63) is 0 Å². The molecular formula is C14H32O7. The molecule has 0 atom stereocenters. The molecule has 0 aliphatic carbocycles. The molecule has 0 aliphatic rings. The van der Waals surface area contributed by atoms with Gasteiger partial charge in [-0.2, -0.15) is 0 Å². The van der Waals surface area contributed by atoms with Gasteiger partial charge < -0.3 is 29.5 Å². The Kier molecular flexibility index (Phi) is 33.2. The molecule has 0 aromatic carbocycles. The Morgan fingerprint density at radius 1 is 0.762 bits per heavy atom. The summed E-state index contributed by atoms with van der Waals surface area (Å²) >= 11 is 0. The zero-order valence-corrected chi connectivity index (χ0v) is 13.5. The monoisotopic (exact) mass is 312 g/mol. The molecule has 0 amide bonds. The van der Waals surface area contributed by atoms with Crippen molar-refractivity contribution in [1.29, 1.82) is 0 Å². The average molecular weight is 312 g/mol. The van der Waals surface area contributed by atoms with Crippen LogP contribution in [0.2, 0.25) is 0 Å². The third-order valence-electron chi connectivity index (χ3n) is 1.54. The molecule has 7 nitrogen and oxygen atoms in total. The van der Waals surface area contributed by atoms with Crippen LogP contribution >= 0.6 is 0 Å².